The average Bonchev–Trinajstić information content (AvgIpc) is 3.12. The van der Waals surface area contributed by atoms with Gasteiger partial charge in [-0.1, -0.05) is 51.1 Å². The number of amides is 1. The van der Waals surface area contributed by atoms with Crippen LogP contribution in [0.4, 0.5) is 0 Å². The van der Waals surface area contributed by atoms with Crippen molar-refractivity contribution in [1.29, 1.82) is 0 Å². The van der Waals surface area contributed by atoms with E-state index < -0.39 is 46.2 Å². The minimum Gasteiger partial charge on any atom is -0.506 e. The second-order valence-corrected chi connectivity index (χ2v) is 7.70. The Labute approximate surface area is 157 Å². The van der Waals surface area contributed by atoms with Gasteiger partial charge in [0.15, 0.2) is 0 Å². The molecule has 2 heterocycles. The first-order valence-electron chi connectivity index (χ1n) is 8.82. The number of ketones is 1. The number of fused-ring (bicyclic) bond motifs is 1. The molecule has 0 spiro atoms. The molecule has 7 nitrogen and oxygen atoms in total. The van der Waals surface area contributed by atoms with Crippen LogP contribution in [0.15, 0.2) is 35.9 Å². The standard InChI is InChI=1S/C20H23NO6/c1-5-26-18(25)20-11-27-17(19(2,3)4)21(20)16(24)13(15(20)23)14(22)12-9-7-6-8-10-12/h6-10,17,22H,5,11H2,1-4H3/b14-13-/t17-,20-/m1/s1. The van der Waals surface area contributed by atoms with Crippen LogP contribution in [0.5, 0.6) is 0 Å². The summed E-state index contributed by atoms with van der Waals surface area (Å²) < 4.78 is 10.8. The molecule has 0 bridgehead atoms. The number of nitrogens with zero attached hydrogens (tertiary/aromatic N) is 1. The Balaban J connectivity index is 2.19. The van der Waals surface area contributed by atoms with Crippen LogP contribution in [0.2, 0.25) is 0 Å². The molecule has 1 N–H and O–H groups in total. The molecule has 0 saturated carbocycles. The van der Waals surface area contributed by atoms with Crippen molar-refractivity contribution in [3.05, 3.63) is 41.5 Å². The fraction of sp³-hybridized carbons (Fsp3) is 0.450. The van der Waals surface area contributed by atoms with Crippen molar-refractivity contribution in [2.75, 3.05) is 13.2 Å². The number of ether oxygens (including phenoxy) is 2. The van der Waals surface area contributed by atoms with Crippen LogP contribution in [0.1, 0.15) is 33.3 Å². The van der Waals surface area contributed by atoms with Gasteiger partial charge < -0.3 is 14.6 Å². The molecular weight excluding hydrogens is 350 g/mol. The number of rotatable bonds is 3. The molecule has 2 aliphatic rings. The zero-order valence-corrected chi connectivity index (χ0v) is 15.8. The zero-order valence-electron chi connectivity index (χ0n) is 15.8. The van der Waals surface area contributed by atoms with Crippen LogP contribution in [0.3, 0.4) is 0 Å². The molecule has 0 aromatic heterocycles. The van der Waals surface area contributed by atoms with Gasteiger partial charge in [-0.15, -0.1) is 0 Å². The van der Waals surface area contributed by atoms with Crippen LogP contribution >= 0.6 is 0 Å². The van der Waals surface area contributed by atoms with Gasteiger partial charge in [0.2, 0.25) is 11.3 Å². The summed E-state index contributed by atoms with van der Waals surface area (Å²) in [6.45, 7) is 6.90. The molecule has 0 radical (unpaired) electrons. The van der Waals surface area contributed by atoms with E-state index in [2.05, 4.69) is 0 Å². The van der Waals surface area contributed by atoms with Crippen molar-refractivity contribution in [1.82, 2.24) is 4.90 Å². The molecular formula is C20H23NO6. The predicted molar refractivity (Wildman–Crippen MR) is 96.4 cm³/mol. The van der Waals surface area contributed by atoms with E-state index in [0.717, 1.165) is 4.90 Å². The molecule has 1 aromatic rings. The molecule has 2 saturated heterocycles. The van der Waals surface area contributed by atoms with E-state index in [9.17, 15) is 19.5 Å². The average molecular weight is 373 g/mol. The molecule has 2 fully saturated rings. The summed E-state index contributed by atoms with van der Waals surface area (Å²) in [7, 11) is 0. The van der Waals surface area contributed by atoms with Crippen molar-refractivity contribution in [2.24, 2.45) is 5.41 Å². The molecule has 3 rings (SSSR count). The minimum atomic E-state index is -1.90. The number of aliphatic hydroxyl groups excluding tert-OH is 1. The summed E-state index contributed by atoms with van der Waals surface area (Å²) in [5, 5.41) is 10.6. The lowest BCUT2D eigenvalue weighted by molar-refractivity contribution is -0.161. The first-order chi connectivity index (χ1) is 12.7. The lowest BCUT2D eigenvalue weighted by atomic mass is 9.90. The van der Waals surface area contributed by atoms with Gasteiger partial charge >= 0.3 is 5.97 Å². The summed E-state index contributed by atoms with van der Waals surface area (Å²) in [6.07, 6.45) is -0.806. The topological polar surface area (TPSA) is 93.1 Å². The number of aliphatic hydroxyl groups is 1. The number of esters is 1. The molecule has 1 amide bonds. The van der Waals surface area contributed by atoms with E-state index in [0.29, 0.717) is 5.56 Å². The number of carbonyl (C=O) groups is 3. The number of hydrogen-bond donors (Lipinski definition) is 1. The van der Waals surface area contributed by atoms with Crippen LogP contribution in [0.25, 0.3) is 5.76 Å². The first-order valence-corrected chi connectivity index (χ1v) is 8.82. The highest BCUT2D eigenvalue weighted by Gasteiger charge is 2.70. The van der Waals surface area contributed by atoms with Crippen molar-refractivity contribution < 1.29 is 29.0 Å². The van der Waals surface area contributed by atoms with Crippen LogP contribution in [-0.2, 0) is 23.9 Å². The normalized spacial score (nSPS) is 27.0. The van der Waals surface area contributed by atoms with E-state index in [1.807, 2.05) is 20.8 Å². The molecule has 1 aromatic carbocycles. The number of carbonyl (C=O) groups excluding carboxylic acids is 3. The van der Waals surface area contributed by atoms with E-state index in [-0.39, 0.29) is 13.2 Å². The Bertz CT molecular complexity index is 823. The van der Waals surface area contributed by atoms with Crippen molar-refractivity contribution >= 4 is 23.4 Å². The monoisotopic (exact) mass is 373 g/mol. The Morgan fingerprint density at radius 2 is 1.93 bits per heavy atom. The van der Waals surface area contributed by atoms with E-state index in [4.69, 9.17) is 9.47 Å². The highest BCUT2D eigenvalue weighted by molar-refractivity contribution is 6.37. The lowest BCUT2D eigenvalue weighted by Gasteiger charge is -2.35. The molecule has 2 aliphatic heterocycles. The molecule has 0 aliphatic carbocycles. The summed E-state index contributed by atoms with van der Waals surface area (Å²) in [5.74, 6) is -2.81. The van der Waals surface area contributed by atoms with Crippen LogP contribution in [-0.4, -0.2) is 52.6 Å². The summed E-state index contributed by atoms with van der Waals surface area (Å²) >= 11 is 0. The summed E-state index contributed by atoms with van der Waals surface area (Å²) in [4.78, 5) is 40.3. The first kappa shape index (κ1) is 19.1. The second-order valence-electron chi connectivity index (χ2n) is 7.70. The minimum absolute atomic E-state index is 0.0554. The number of Topliss-reactive ketones (excluding diaryl/α,β-unsaturated/α-hetero) is 1. The Morgan fingerprint density at radius 3 is 2.48 bits per heavy atom. The molecule has 144 valence electrons. The fourth-order valence-electron chi connectivity index (χ4n) is 3.51. The predicted octanol–water partition coefficient (Wildman–Crippen LogP) is 2.07. The summed E-state index contributed by atoms with van der Waals surface area (Å²) in [5.41, 5.74) is -2.54. The largest absolute Gasteiger partial charge is 0.506 e. The number of hydrogen-bond acceptors (Lipinski definition) is 6. The molecule has 27 heavy (non-hydrogen) atoms. The maximum atomic E-state index is 13.3. The van der Waals surface area contributed by atoms with Gasteiger partial charge in [-0.3, -0.25) is 14.5 Å². The van der Waals surface area contributed by atoms with Gasteiger partial charge in [-0.2, -0.15) is 0 Å². The van der Waals surface area contributed by atoms with Gasteiger partial charge in [-0.05, 0) is 6.92 Å². The molecule has 2 atom stereocenters. The van der Waals surface area contributed by atoms with E-state index >= 15 is 0 Å². The van der Waals surface area contributed by atoms with Crippen molar-refractivity contribution in [2.45, 2.75) is 39.5 Å². The van der Waals surface area contributed by atoms with Gasteiger partial charge in [0.25, 0.3) is 5.91 Å². The third-order valence-corrected chi connectivity index (χ3v) is 4.77. The van der Waals surface area contributed by atoms with Gasteiger partial charge in [-0.25, -0.2) is 4.79 Å². The van der Waals surface area contributed by atoms with Gasteiger partial charge in [0, 0.05) is 11.0 Å². The van der Waals surface area contributed by atoms with Crippen molar-refractivity contribution in [3.63, 3.8) is 0 Å². The Hall–Kier alpha value is -2.67. The lowest BCUT2D eigenvalue weighted by Crippen LogP contribution is -2.58. The highest BCUT2D eigenvalue weighted by atomic mass is 16.6. The smallest absolute Gasteiger partial charge is 0.342 e. The third kappa shape index (κ3) is 2.73. The fourth-order valence-corrected chi connectivity index (χ4v) is 3.51. The van der Waals surface area contributed by atoms with Crippen LogP contribution in [0, 0.1) is 5.41 Å². The Morgan fingerprint density at radius 1 is 1.30 bits per heavy atom. The van der Waals surface area contributed by atoms with Crippen molar-refractivity contribution in [3.8, 4) is 0 Å². The molecule has 0 unspecified atom stereocenters. The van der Waals surface area contributed by atoms with Crippen LogP contribution < -0.4 is 0 Å². The highest BCUT2D eigenvalue weighted by Crippen LogP contribution is 2.45. The maximum Gasteiger partial charge on any atom is 0.342 e. The molecule has 7 heteroatoms. The van der Waals surface area contributed by atoms with E-state index in [1.165, 1.54) is 0 Å². The maximum absolute atomic E-state index is 13.3. The second kappa shape index (κ2) is 6.49. The summed E-state index contributed by atoms with van der Waals surface area (Å²) in [6, 6.07) is 8.28. The zero-order chi connectivity index (χ0) is 20.0. The van der Waals surface area contributed by atoms with Gasteiger partial charge in [0.05, 0.1) is 13.2 Å². The quantitative estimate of drug-likeness (QED) is 0.287. The number of benzene rings is 1. The Kier molecular flexibility index (Phi) is 4.59. The van der Waals surface area contributed by atoms with Gasteiger partial charge in [0.1, 0.15) is 17.6 Å². The van der Waals surface area contributed by atoms with E-state index in [1.54, 1.807) is 37.3 Å². The third-order valence-electron chi connectivity index (χ3n) is 4.77. The SMILES string of the molecule is CCOC(=O)[C@]12CO[C@H](C(C)(C)C)N1C(=O)/C(=C(\O)c1ccccc1)C2=O.